The molecule has 0 radical (unpaired) electrons. The van der Waals surface area contributed by atoms with Crippen LogP contribution in [0.4, 0.5) is 0 Å². The highest BCUT2D eigenvalue weighted by atomic mass is 32.1. The molecule has 0 spiro atoms. The van der Waals surface area contributed by atoms with Crippen LogP contribution < -0.4 is 0 Å². The summed E-state index contributed by atoms with van der Waals surface area (Å²) in [5.41, 5.74) is 4.50. The minimum absolute atomic E-state index is 0.739. The van der Waals surface area contributed by atoms with Crippen molar-refractivity contribution in [2.75, 3.05) is 6.54 Å². The molecule has 3 aromatic rings. The summed E-state index contributed by atoms with van der Waals surface area (Å²) in [4.78, 5) is 11.7. The lowest BCUT2D eigenvalue weighted by atomic mass is 10.1. The van der Waals surface area contributed by atoms with Gasteiger partial charge in [-0.2, -0.15) is 0 Å². The van der Waals surface area contributed by atoms with Crippen molar-refractivity contribution in [2.24, 2.45) is 0 Å². The molecule has 4 heteroatoms. The molecule has 1 aliphatic rings. The van der Waals surface area contributed by atoms with Gasteiger partial charge in [0.1, 0.15) is 0 Å². The number of H-pyrrole nitrogens is 1. The Morgan fingerprint density at radius 3 is 3.04 bits per heavy atom. The fraction of sp³-hybridized carbons (Fsp3) is 0.350. The number of pyridine rings is 1. The van der Waals surface area contributed by atoms with Crippen LogP contribution in [0.3, 0.4) is 0 Å². The summed E-state index contributed by atoms with van der Waals surface area (Å²) in [5, 5.41) is 1.23. The van der Waals surface area contributed by atoms with Crippen LogP contribution in [0.25, 0.3) is 22.2 Å². The molecule has 1 fully saturated rings. The van der Waals surface area contributed by atoms with Gasteiger partial charge in [-0.1, -0.05) is 19.1 Å². The first-order valence-corrected chi connectivity index (χ1v) is 9.19. The third kappa shape index (κ3) is 3.08. The number of nitrogens with zero attached hydrogens (tertiary/aromatic N) is 2. The Balaban J connectivity index is 1.61. The first kappa shape index (κ1) is 15.7. The standard InChI is InChI=1S/C20H23N3S/c1-2-17-6-4-8-23(17)13-16-9-15-11-19(21-12-20(15)22-16)14-5-3-7-18(24)10-14/h3,5,7,9-12,17,22,24H,2,4,6,8,13H2,1H3. The molecule has 1 unspecified atom stereocenters. The number of aromatic amines is 1. The summed E-state index contributed by atoms with van der Waals surface area (Å²) in [5.74, 6) is 0. The maximum atomic E-state index is 4.62. The minimum atomic E-state index is 0.739. The fourth-order valence-corrected chi connectivity index (χ4v) is 4.01. The smallest absolute Gasteiger partial charge is 0.0710 e. The first-order chi connectivity index (χ1) is 11.7. The lowest BCUT2D eigenvalue weighted by Crippen LogP contribution is -2.28. The van der Waals surface area contributed by atoms with E-state index in [1.54, 1.807) is 0 Å². The summed E-state index contributed by atoms with van der Waals surface area (Å²) < 4.78 is 0. The Hall–Kier alpha value is -1.78. The van der Waals surface area contributed by atoms with E-state index in [9.17, 15) is 0 Å². The SMILES string of the molecule is CCC1CCCN1Cc1cc2cc(-c3cccc(S)c3)ncc2[nH]1. The second kappa shape index (κ2) is 6.61. The van der Waals surface area contributed by atoms with Gasteiger partial charge in [0.05, 0.1) is 17.4 Å². The van der Waals surface area contributed by atoms with Crippen LogP contribution in [-0.4, -0.2) is 27.5 Å². The number of nitrogens with one attached hydrogen (secondary N) is 1. The number of aromatic nitrogens is 2. The van der Waals surface area contributed by atoms with E-state index >= 15 is 0 Å². The molecular formula is C20H23N3S. The van der Waals surface area contributed by atoms with E-state index in [-0.39, 0.29) is 0 Å². The highest BCUT2D eigenvalue weighted by Gasteiger charge is 2.23. The highest BCUT2D eigenvalue weighted by molar-refractivity contribution is 7.80. The number of rotatable bonds is 4. The molecule has 0 bridgehead atoms. The van der Waals surface area contributed by atoms with Crippen LogP contribution >= 0.6 is 12.6 Å². The Morgan fingerprint density at radius 2 is 2.21 bits per heavy atom. The molecule has 1 aliphatic heterocycles. The molecule has 124 valence electrons. The van der Waals surface area contributed by atoms with Crippen molar-refractivity contribution in [3.63, 3.8) is 0 Å². The second-order valence-electron chi connectivity index (χ2n) is 6.68. The largest absolute Gasteiger partial charge is 0.356 e. The first-order valence-electron chi connectivity index (χ1n) is 8.74. The van der Waals surface area contributed by atoms with E-state index in [2.05, 4.69) is 58.7 Å². The van der Waals surface area contributed by atoms with Crippen LogP contribution in [0, 0.1) is 0 Å². The van der Waals surface area contributed by atoms with E-state index in [1.807, 2.05) is 18.3 Å². The zero-order valence-corrected chi connectivity index (χ0v) is 14.9. The van der Waals surface area contributed by atoms with Gasteiger partial charge in [-0.3, -0.25) is 9.88 Å². The zero-order chi connectivity index (χ0) is 16.5. The molecule has 0 amide bonds. The van der Waals surface area contributed by atoms with Gasteiger partial charge in [0.25, 0.3) is 0 Å². The van der Waals surface area contributed by atoms with Gasteiger partial charge in [-0.15, -0.1) is 12.6 Å². The van der Waals surface area contributed by atoms with Crippen LogP contribution in [0.2, 0.25) is 0 Å². The molecular weight excluding hydrogens is 314 g/mol. The van der Waals surface area contributed by atoms with E-state index < -0.39 is 0 Å². The third-order valence-corrected chi connectivity index (χ3v) is 5.32. The molecule has 1 aromatic carbocycles. The van der Waals surface area contributed by atoms with Crippen molar-refractivity contribution < 1.29 is 0 Å². The van der Waals surface area contributed by atoms with Gasteiger partial charge in [0.2, 0.25) is 0 Å². The minimum Gasteiger partial charge on any atom is -0.356 e. The second-order valence-corrected chi connectivity index (χ2v) is 7.19. The molecule has 1 atom stereocenters. The predicted molar refractivity (Wildman–Crippen MR) is 103 cm³/mol. The monoisotopic (exact) mass is 337 g/mol. The summed E-state index contributed by atoms with van der Waals surface area (Å²) in [7, 11) is 0. The van der Waals surface area contributed by atoms with E-state index in [1.165, 1.54) is 36.9 Å². The topological polar surface area (TPSA) is 31.9 Å². The normalized spacial score (nSPS) is 18.5. The molecule has 0 aliphatic carbocycles. The Kier molecular flexibility index (Phi) is 4.33. The summed E-state index contributed by atoms with van der Waals surface area (Å²) in [6.45, 7) is 4.51. The van der Waals surface area contributed by atoms with E-state index in [4.69, 9.17) is 0 Å². The molecule has 4 rings (SSSR count). The van der Waals surface area contributed by atoms with Crippen molar-refractivity contribution in [1.82, 2.24) is 14.9 Å². The highest BCUT2D eigenvalue weighted by Crippen LogP contribution is 2.26. The van der Waals surface area contributed by atoms with Gasteiger partial charge < -0.3 is 4.98 Å². The zero-order valence-electron chi connectivity index (χ0n) is 14.0. The predicted octanol–water partition coefficient (Wildman–Crippen LogP) is 4.89. The average Bonchev–Trinajstić information content (AvgIpc) is 3.20. The van der Waals surface area contributed by atoms with Crippen molar-refractivity contribution in [3.05, 3.63) is 48.3 Å². The maximum Gasteiger partial charge on any atom is 0.0710 e. The number of likely N-dealkylation sites (tertiary alicyclic amines) is 1. The quantitative estimate of drug-likeness (QED) is 0.664. The van der Waals surface area contributed by atoms with Crippen molar-refractivity contribution >= 4 is 23.5 Å². The van der Waals surface area contributed by atoms with E-state index in [0.29, 0.717) is 0 Å². The Labute approximate surface area is 148 Å². The van der Waals surface area contributed by atoms with Gasteiger partial charge in [0.15, 0.2) is 0 Å². The van der Waals surface area contributed by atoms with Gasteiger partial charge in [-0.05, 0) is 50.1 Å². The summed E-state index contributed by atoms with van der Waals surface area (Å²) in [6.07, 6.45) is 5.85. The number of benzene rings is 1. The van der Waals surface area contributed by atoms with Crippen molar-refractivity contribution in [1.29, 1.82) is 0 Å². The molecule has 24 heavy (non-hydrogen) atoms. The number of thiol groups is 1. The number of hydrogen-bond donors (Lipinski definition) is 2. The van der Waals surface area contributed by atoms with Crippen LogP contribution in [-0.2, 0) is 6.54 Å². The number of hydrogen-bond acceptors (Lipinski definition) is 3. The van der Waals surface area contributed by atoms with Crippen LogP contribution in [0.15, 0.2) is 47.5 Å². The van der Waals surface area contributed by atoms with E-state index in [0.717, 1.165) is 34.3 Å². The summed E-state index contributed by atoms with van der Waals surface area (Å²) >= 11 is 4.42. The molecule has 0 saturated carbocycles. The van der Waals surface area contributed by atoms with Gasteiger partial charge in [0, 0.05) is 34.1 Å². The molecule has 2 aromatic heterocycles. The molecule has 3 nitrogen and oxygen atoms in total. The van der Waals surface area contributed by atoms with Crippen molar-refractivity contribution in [2.45, 2.75) is 43.7 Å². The maximum absolute atomic E-state index is 4.62. The van der Waals surface area contributed by atoms with Crippen LogP contribution in [0.1, 0.15) is 31.9 Å². The molecule has 1 saturated heterocycles. The Morgan fingerprint density at radius 1 is 1.29 bits per heavy atom. The lowest BCUT2D eigenvalue weighted by molar-refractivity contribution is 0.238. The van der Waals surface area contributed by atoms with Gasteiger partial charge in [-0.25, -0.2) is 0 Å². The van der Waals surface area contributed by atoms with Crippen LogP contribution in [0.5, 0.6) is 0 Å². The van der Waals surface area contributed by atoms with Gasteiger partial charge >= 0.3 is 0 Å². The Bertz CT molecular complexity index is 855. The number of fused-ring (bicyclic) bond motifs is 1. The fourth-order valence-electron chi connectivity index (χ4n) is 3.78. The molecule has 1 N–H and O–H groups in total. The van der Waals surface area contributed by atoms with Crippen molar-refractivity contribution in [3.8, 4) is 11.3 Å². The lowest BCUT2D eigenvalue weighted by Gasteiger charge is -2.22. The summed E-state index contributed by atoms with van der Waals surface area (Å²) in [6, 6.07) is 13.3. The molecule has 3 heterocycles. The third-order valence-electron chi connectivity index (χ3n) is 5.05. The average molecular weight is 337 g/mol.